The maximum atomic E-state index is 12.2. The van der Waals surface area contributed by atoms with Crippen LogP contribution >= 0.6 is 27.3 Å². The monoisotopic (exact) mass is 398 g/mol. The Labute approximate surface area is 135 Å². The van der Waals surface area contributed by atoms with Crippen molar-refractivity contribution >= 4 is 43.3 Å². The van der Waals surface area contributed by atoms with Gasteiger partial charge in [-0.15, -0.1) is 11.3 Å². The average molecular weight is 399 g/mol. The molecule has 0 radical (unpaired) electrons. The van der Waals surface area contributed by atoms with E-state index in [2.05, 4.69) is 25.6 Å². The van der Waals surface area contributed by atoms with Gasteiger partial charge < -0.3 is 14.7 Å². The second-order valence-electron chi connectivity index (χ2n) is 4.66. The van der Waals surface area contributed by atoms with E-state index in [0.29, 0.717) is 13.2 Å². The number of ether oxygens (including phenoxy) is 1. The Balaban J connectivity index is 2.06. The van der Waals surface area contributed by atoms with Gasteiger partial charge in [-0.25, -0.2) is 17.9 Å². The lowest BCUT2D eigenvalue weighted by Crippen LogP contribution is -2.45. The molecule has 10 heteroatoms. The third kappa shape index (κ3) is 4.24. The second-order valence-corrected chi connectivity index (χ2v) is 8.77. The number of carboxylic acids is 1. The Kier molecular flexibility index (Phi) is 5.38. The summed E-state index contributed by atoms with van der Waals surface area (Å²) in [6, 6.07) is 1.15. The van der Waals surface area contributed by atoms with Gasteiger partial charge in [0.1, 0.15) is 9.77 Å². The molecule has 118 valence electrons. The zero-order valence-corrected chi connectivity index (χ0v) is 14.4. The van der Waals surface area contributed by atoms with Crippen LogP contribution < -0.4 is 4.72 Å². The fourth-order valence-corrected chi connectivity index (χ4v) is 5.38. The quantitative estimate of drug-likeness (QED) is 0.761. The van der Waals surface area contributed by atoms with E-state index in [9.17, 15) is 13.2 Å². The van der Waals surface area contributed by atoms with Crippen LogP contribution in [0.15, 0.2) is 14.7 Å². The van der Waals surface area contributed by atoms with Crippen molar-refractivity contribution in [2.24, 2.45) is 0 Å². The molecule has 1 aliphatic rings. The number of carbonyl (C=O) groups is 1. The van der Waals surface area contributed by atoms with E-state index in [-0.39, 0.29) is 26.2 Å². The van der Waals surface area contributed by atoms with Gasteiger partial charge in [-0.3, -0.25) is 0 Å². The molecule has 7 nitrogen and oxygen atoms in total. The van der Waals surface area contributed by atoms with Gasteiger partial charge in [0.05, 0.1) is 16.5 Å². The topological polar surface area (TPSA) is 95.9 Å². The molecule has 0 saturated carbocycles. The number of nitrogens with zero attached hydrogens (tertiary/aromatic N) is 1. The summed E-state index contributed by atoms with van der Waals surface area (Å²) in [6.07, 6.45) is -0.213. The lowest BCUT2D eigenvalue weighted by Gasteiger charge is -2.30. The highest BCUT2D eigenvalue weighted by Gasteiger charge is 2.25. The molecule has 0 amide bonds. The number of nitrogens with one attached hydrogen (secondary N) is 1. The van der Waals surface area contributed by atoms with Crippen molar-refractivity contribution in [3.05, 3.63) is 14.7 Å². The molecule has 1 unspecified atom stereocenters. The van der Waals surface area contributed by atoms with Gasteiger partial charge in [0, 0.05) is 19.6 Å². The number of morpholine rings is 1. The molecule has 1 aliphatic heterocycles. The third-order valence-corrected chi connectivity index (χ3v) is 6.66. The summed E-state index contributed by atoms with van der Waals surface area (Å²) in [5.41, 5.74) is 0. The standard InChI is InChI=1S/C11H15BrN2O5S2/c1-14-2-3-19-7(6-14)5-13-21(17,18)9-4-8(11(15)16)20-10(9)12/h4,7,13H,2-3,5-6H2,1H3,(H,15,16). The van der Waals surface area contributed by atoms with Crippen LogP contribution in [0.4, 0.5) is 0 Å². The highest BCUT2D eigenvalue weighted by molar-refractivity contribution is 9.11. The van der Waals surface area contributed by atoms with Crippen LogP contribution in [-0.2, 0) is 14.8 Å². The van der Waals surface area contributed by atoms with Gasteiger partial charge in [0.15, 0.2) is 0 Å². The molecule has 2 heterocycles. The van der Waals surface area contributed by atoms with Crippen molar-refractivity contribution in [2.45, 2.75) is 11.0 Å². The van der Waals surface area contributed by atoms with Crippen molar-refractivity contribution in [1.29, 1.82) is 0 Å². The van der Waals surface area contributed by atoms with E-state index in [1.165, 1.54) is 0 Å². The average Bonchev–Trinajstić information content (AvgIpc) is 2.80. The predicted octanol–water partition coefficient (Wildman–Crippen LogP) is 0.818. The number of hydrogen-bond donors (Lipinski definition) is 2. The van der Waals surface area contributed by atoms with Crippen LogP contribution in [0.25, 0.3) is 0 Å². The molecule has 2 N–H and O–H groups in total. The zero-order chi connectivity index (χ0) is 15.6. The first-order valence-corrected chi connectivity index (χ1v) is 9.21. The Hall–Kier alpha value is -0.520. The molecular formula is C11H15BrN2O5S2. The molecule has 0 spiro atoms. The summed E-state index contributed by atoms with van der Waals surface area (Å²) in [5.74, 6) is -1.15. The molecule has 0 aromatic carbocycles. The summed E-state index contributed by atoms with van der Waals surface area (Å²) >= 11 is 3.96. The van der Waals surface area contributed by atoms with Gasteiger partial charge in [-0.2, -0.15) is 0 Å². The molecule has 21 heavy (non-hydrogen) atoms. The summed E-state index contributed by atoms with van der Waals surface area (Å²) in [6.45, 7) is 2.18. The normalized spacial score (nSPS) is 20.6. The number of likely N-dealkylation sites (N-methyl/N-ethyl adjacent to an activating group) is 1. The largest absolute Gasteiger partial charge is 0.477 e. The van der Waals surface area contributed by atoms with Gasteiger partial charge in [0.25, 0.3) is 0 Å². The van der Waals surface area contributed by atoms with Crippen molar-refractivity contribution in [3.8, 4) is 0 Å². The van der Waals surface area contributed by atoms with E-state index >= 15 is 0 Å². The SMILES string of the molecule is CN1CCOC(CNS(=O)(=O)c2cc(C(=O)O)sc2Br)C1. The molecule has 1 fully saturated rings. The highest BCUT2D eigenvalue weighted by Crippen LogP contribution is 2.31. The smallest absolute Gasteiger partial charge is 0.345 e. The highest BCUT2D eigenvalue weighted by atomic mass is 79.9. The minimum Gasteiger partial charge on any atom is -0.477 e. The van der Waals surface area contributed by atoms with Crippen LogP contribution in [0, 0.1) is 0 Å². The van der Waals surface area contributed by atoms with E-state index in [0.717, 1.165) is 23.9 Å². The van der Waals surface area contributed by atoms with E-state index < -0.39 is 16.0 Å². The fraction of sp³-hybridized carbons (Fsp3) is 0.545. The van der Waals surface area contributed by atoms with Crippen molar-refractivity contribution in [2.75, 3.05) is 33.3 Å². The molecular weight excluding hydrogens is 384 g/mol. The number of thiophene rings is 1. The van der Waals surface area contributed by atoms with Crippen LogP contribution in [0.1, 0.15) is 9.67 Å². The van der Waals surface area contributed by atoms with Crippen molar-refractivity contribution in [3.63, 3.8) is 0 Å². The molecule has 1 aromatic rings. The van der Waals surface area contributed by atoms with E-state index in [1.54, 1.807) is 0 Å². The second kappa shape index (κ2) is 6.71. The Morgan fingerprint density at radius 1 is 1.67 bits per heavy atom. The minimum atomic E-state index is -3.77. The maximum absolute atomic E-state index is 12.2. The van der Waals surface area contributed by atoms with Crippen LogP contribution in [0.5, 0.6) is 0 Å². The minimum absolute atomic E-state index is 0.0316. The molecule has 0 bridgehead atoms. The molecule has 2 rings (SSSR count). The summed E-state index contributed by atoms with van der Waals surface area (Å²) < 4.78 is 32.6. The molecule has 0 aliphatic carbocycles. The summed E-state index contributed by atoms with van der Waals surface area (Å²) in [4.78, 5) is 12.9. The first kappa shape index (κ1) is 16.8. The predicted molar refractivity (Wildman–Crippen MR) is 81.4 cm³/mol. The molecule has 1 saturated heterocycles. The first-order chi connectivity index (χ1) is 9.79. The summed E-state index contributed by atoms with van der Waals surface area (Å²) in [5, 5.41) is 8.90. The van der Waals surface area contributed by atoms with E-state index in [1.807, 2.05) is 7.05 Å². The maximum Gasteiger partial charge on any atom is 0.345 e. The summed E-state index contributed by atoms with van der Waals surface area (Å²) in [7, 11) is -1.83. The van der Waals surface area contributed by atoms with Crippen molar-refractivity contribution < 1.29 is 23.1 Å². The number of halogens is 1. The number of carboxylic acid groups (broad SMARTS) is 1. The first-order valence-electron chi connectivity index (χ1n) is 6.12. The van der Waals surface area contributed by atoms with Gasteiger partial charge >= 0.3 is 5.97 Å². The fourth-order valence-electron chi connectivity index (χ4n) is 1.91. The number of aromatic carboxylic acids is 1. The van der Waals surface area contributed by atoms with Gasteiger partial charge in [-0.1, -0.05) is 0 Å². The van der Waals surface area contributed by atoms with Crippen molar-refractivity contribution in [1.82, 2.24) is 9.62 Å². The van der Waals surface area contributed by atoms with Crippen LogP contribution in [0.2, 0.25) is 0 Å². The number of rotatable bonds is 5. The number of sulfonamides is 1. The lowest BCUT2D eigenvalue weighted by atomic mass is 10.3. The lowest BCUT2D eigenvalue weighted by molar-refractivity contribution is -0.0156. The molecule has 1 atom stereocenters. The Bertz CT molecular complexity index is 631. The number of hydrogen-bond acceptors (Lipinski definition) is 6. The van der Waals surface area contributed by atoms with Crippen LogP contribution in [0.3, 0.4) is 0 Å². The third-order valence-electron chi connectivity index (χ3n) is 3.00. The Morgan fingerprint density at radius 3 is 2.95 bits per heavy atom. The Morgan fingerprint density at radius 2 is 2.38 bits per heavy atom. The van der Waals surface area contributed by atoms with E-state index in [4.69, 9.17) is 9.84 Å². The van der Waals surface area contributed by atoms with Gasteiger partial charge in [-0.05, 0) is 29.0 Å². The van der Waals surface area contributed by atoms with Gasteiger partial charge in [0.2, 0.25) is 10.0 Å². The van der Waals surface area contributed by atoms with Crippen LogP contribution in [-0.4, -0.2) is 63.8 Å². The zero-order valence-electron chi connectivity index (χ0n) is 11.2. The molecule has 1 aromatic heterocycles.